The summed E-state index contributed by atoms with van der Waals surface area (Å²) in [6.07, 6.45) is 4.37. The van der Waals surface area contributed by atoms with E-state index in [-0.39, 0.29) is 5.91 Å². The van der Waals surface area contributed by atoms with Gasteiger partial charge in [0.2, 0.25) is 5.91 Å². The van der Waals surface area contributed by atoms with E-state index in [1.807, 2.05) is 24.3 Å². The summed E-state index contributed by atoms with van der Waals surface area (Å²) in [6.45, 7) is 5.51. The van der Waals surface area contributed by atoms with E-state index in [0.717, 1.165) is 45.3 Å². The molecule has 1 fully saturated rings. The van der Waals surface area contributed by atoms with Gasteiger partial charge in [0.15, 0.2) is 0 Å². The maximum atomic E-state index is 12.5. The fourth-order valence-electron chi connectivity index (χ4n) is 2.98. The number of para-hydroxylation sites is 1. The van der Waals surface area contributed by atoms with Crippen LogP contribution >= 0.6 is 11.6 Å². The Labute approximate surface area is 144 Å². The fraction of sp³-hybridized carbons (Fsp3) is 0.611. The third-order valence-electron chi connectivity index (χ3n) is 4.16. The molecule has 1 aliphatic rings. The lowest BCUT2D eigenvalue weighted by molar-refractivity contribution is -0.134. The Balaban J connectivity index is 1.76. The summed E-state index contributed by atoms with van der Waals surface area (Å²) in [6, 6.07) is 7.82. The molecule has 0 radical (unpaired) electrons. The van der Waals surface area contributed by atoms with Crippen LogP contribution in [0, 0.1) is 0 Å². The van der Waals surface area contributed by atoms with Crippen LogP contribution in [0.25, 0.3) is 0 Å². The van der Waals surface area contributed by atoms with E-state index in [2.05, 4.69) is 17.1 Å². The summed E-state index contributed by atoms with van der Waals surface area (Å²) in [4.78, 5) is 14.6. The molecule has 0 saturated carbocycles. The molecule has 1 N–H and O–H groups in total. The third kappa shape index (κ3) is 5.70. The Hall–Kier alpha value is -1.26. The number of rotatable bonds is 8. The van der Waals surface area contributed by atoms with Crippen molar-refractivity contribution in [2.75, 3.05) is 26.2 Å². The van der Waals surface area contributed by atoms with Crippen LogP contribution in [0.2, 0.25) is 5.02 Å². The number of amides is 1. The third-order valence-corrected chi connectivity index (χ3v) is 4.48. The number of hydrogen-bond donors (Lipinski definition) is 1. The van der Waals surface area contributed by atoms with E-state index in [0.29, 0.717) is 29.8 Å². The zero-order chi connectivity index (χ0) is 16.5. The first-order chi connectivity index (χ1) is 11.2. The quantitative estimate of drug-likeness (QED) is 0.738. The molecule has 1 heterocycles. The second kappa shape index (κ2) is 9.78. The van der Waals surface area contributed by atoms with Gasteiger partial charge in [-0.05, 0) is 50.9 Å². The zero-order valence-electron chi connectivity index (χ0n) is 13.9. The molecule has 23 heavy (non-hydrogen) atoms. The van der Waals surface area contributed by atoms with Gasteiger partial charge in [-0.2, -0.15) is 0 Å². The van der Waals surface area contributed by atoms with E-state index in [1.165, 1.54) is 0 Å². The van der Waals surface area contributed by atoms with Gasteiger partial charge in [0, 0.05) is 19.0 Å². The Morgan fingerprint density at radius 1 is 1.35 bits per heavy atom. The van der Waals surface area contributed by atoms with Gasteiger partial charge in [0.1, 0.15) is 5.75 Å². The van der Waals surface area contributed by atoms with E-state index < -0.39 is 0 Å². The Kier molecular flexibility index (Phi) is 7.69. The highest BCUT2D eigenvalue weighted by molar-refractivity contribution is 6.32. The molecule has 0 unspecified atom stereocenters. The fourth-order valence-corrected chi connectivity index (χ4v) is 3.17. The van der Waals surface area contributed by atoms with Crippen LogP contribution in [0.5, 0.6) is 5.75 Å². The topological polar surface area (TPSA) is 41.6 Å². The van der Waals surface area contributed by atoms with Crippen molar-refractivity contribution in [1.82, 2.24) is 10.2 Å². The number of ether oxygens (including phenoxy) is 1. The van der Waals surface area contributed by atoms with Crippen LogP contribution < -0.4 is 10.1 Å². The largest absolute Gasteiger partial charge is 0.492 e. The molecule has 128 valence electrons. The normalized spacial score (nSPS) is 15.4. The number of carbonyl (C=O) groups is 1. The van der Waals surface area contributed by atoms with Crippen molar-refractivity contribution in [2.45, 2.75) is 45.1 Å². The van der Waals surface area contributed by atoms with E-state index >= 15 is 0 Å². The average Bonchev–Trinajstić information content (AvgIpc) is 2.58. The van der Waals surface area contributed by atoms with Gasteiger partial charge >= 0.3 is 0 Å². The van der Waals surface area contributed by atoms with Crippen molar-refractivity contribution >= 4 is 17.5 Å². The molecule has 0 spiro atoms. The molecular formula is C18H27ClN2O2. The average molecular weight is 339 g/mol. The lowest BCUT2D eigenvalue weighted by Crippen LogP contribution is -2.46. The minimum Gasteiger partial charge on any atom is -0.492 e. The molecule has 0 aliphatic carbocycles. The highest BCUT2D eigenvalue weighted by Crippen LogP contribution is 2.23. The molecule has 0 bridgehead atoms. The first-order valence-electron chi connectivity index (χ1n) is 8.60. The molecule has 0 atom stereocenters. The summed E-state index contributed by atoms with van der Waals surface area (Å²) in [5.74, 6) is 0.937. The van der Waals surface area contributed by atoms with Gasteiger partial charge in [0.05, 0.1) is 11.6 Å². The van der Waals surface area contributed by atoms with Gasteiger partial charge in [-0.25, -0.2) is 0 Å². The van der Waals surface area contributed by atoms with Crippen LogP contribution in [0.4, 0.5) is 0 Å². The monoisotopic (exact) mass is 338 g/mol. The van der Waals surface area contributed by atoms with Gasteiger partial charge < -0.3 is 15.0 Å². The van der Waals surface area contributed by atoms with E-state index in [9.17, 15) is 4.79 Å². The molecular weight excluding hydrogens is 312 g/mol. The number of nitrogens with zero attached hydrogens (tertiary/aromatic N) is 1. The predicted octanol–water partition coefficient (Wildman–Crippen LogP) is 3.49. The lowest BCUT2D eigenvalue weighted by Gasteiger charge is -2.34. The van der Waals surface area contributed by atoms with Gasteiger partial charge in [0.25, 0.3) is 0 Å². The SMILES string of the molecule is CCCN(C(=O)CCCOc1ccccc1Cl)C1CCNCC1. The van der Waals surface area contributed by atoms with E-state index in [1.54, 1.807) is 0 Å². The number of benzene rings is 1. The van der Waals surface area contributed by atoms with Gasteiger partial charge in [-0.3, -0.25) is 4.79 Å². The maximum Gasteiger partial charge on any atom is 0.222 e. The van der Waals surface area contributed by atoms with Crippen molar-refractivity contribution in [3.63, 3.8) is 0 Å². The summed E-state index contributed by atoms with van der Waals surface area (Å²) in [7, 11) is 0. The van der Waals surface area contributed by atoms with Crippen molar-refractivity contribution in [3.8, 4) is 5.75 Å². The zero-order valence-corrected chi connectivity index (χ0v) is 14.6. The number of hydrogen-bond acceptors (Lipinski definition) is 3. The second-order valence-electron chi connectivity index (χ2n) is 5.95. The Bertz CT molecular complexity index is 490. The molecule has 1 aromatic rings. The van der Waals surface area contributed by atoms with Crippen LogP contribution in [0.1, 0.15) is 39.0 Å². The molecule has 4 nitrogen and oxygen atoms in total. The first-order valence-corrected chi connectivity index (χ1v) is 8.97. The van der Waals surface area contributed by atoms with Crippen molar-refractivity contribution in [2.24, 2.45) is 0 Å². The minimum absolute atomic E-state index is 0.251. The van der Waals surface area contributed by atoms with Crippen molar-refractivity contribution in [1.29, 1.82) is 0 Å². The predicted molar refractivity (Wildman–Crippen MR) is 94.1 cm³/mol. The lowest BCUT2D eigenvalue weighted by atomic mass is 10.0. The Morgan fingerprint density at radius 3 is 2.78 bits per heavy atom. The molecule has 5 heteroatoms. The molecule has 1 saturated heterocycles. The number of nitrogens with one attached hydrogen (secondary N) is 1. The van der Waals surface area contributed by atoms with Crippen molar-refractivity contribution < 1.29 is 9.53 Å². The minimum atomic E-state index is 0.251. The molecule has 0 aromatic heterocycles. The molecule has 2 rings (SSSR count). The summed E-state index contributed by atoms with van der Waals surface area (Å²) in [5.41, 5.74) is 0. The second-order valence-corrected chi connectivity index (χ2v) is 6.36. The number of halogens is 1. The molecule has 1 aliphatic heterocycles. The summed E-state index contributed by atoms with van der Waals surface area (Å²) >= 11 is 6.05. The van der Waals surface area contributed by atoms with Crippen LogP contribution in [-0.2, 0) is 4.79 Å². The summed E-state index contributed by atoms with van der Waals surface area (Å²) < 4.78 is 5.66. The standard InChI is InChI=1S/C18H27ClN2O2/c1-2-13-21(15-9-11-20-12-10-15)18(22)8-5-14-23-17-7-4-3-6-16(17)19/h3-4,6-7,15,20H,2,5,8-14H2,1H3. The first kappa shape index (κ1) is 18.1. The molecule has 1 amide bonds. The number of piperidine rings is 1. The highest BCUT2D eigenvalue weighted by Gasteiger charge is 2.24. The van der Waals surface area contributed by atoms with E-state index in [4.69, 9.17) is 16.3 Å². The smallest absolute Gasteiger partial charge is 0.222 e. The molecule has 1 aromatic carbocycles. The van der Waals surface area contributed by atoms with Crippen LogP contribution in [-0.4, -0.2) is 43.1 Å². The van der Waals surface area contributed by atoms with Crippen LogP contribution in [0.15, 0.2) is 24.3 Å². The van der Waals surface area contributed by atoms with Crippen molar-refractivity contribution in [3.05, 3.63) is 29.3 Å². The Morgan fingerprint density at radius 2 is 2.09 bits per heavy atom. The number of carbonyl (C=O) groups excluding carboxylic acids is 1. The highest BCUT2D eigenvalue weighted by atomic mass is 35.5. The van der Waals surface area contributed by atoms with Gasteiger partial charge in [-0.1, -0.05) is 30.7 Å². The van der Waals surface area contributed by atoms with Gasteiger partial charge in [-0.15, -0.1) is 0 Å². The maximum absolute atomic E-state index is 12.5. The van der Waals surface area contributed by atoms with Crippen LogP contribution in [0.3, 0.4) is 0 Å². The summed E-state index contributed by atoms with van der Waals surface area (Å²) in [5, 5.41) is 3.97.